The first-order valence-corrected chi connectivity index (χ1v) is 10.7. The molecule has 2 heterocycles. The van der Waals surface area contributed by atoms with E-state index in [1.54, 1.807) is 4.31 Å². The monoisotopic (exact) mass is 520 g/mol. The van der Waals surface area contributed by atoms with Gasteiger partial charge in [0, 0.05) is 29.2 Å². The summed E-state index contributed by atoms with van der Waals surface area (Å²) in [6.07, 6.45) is -13.9. The molecule has 2 aliphatic heterocycles. The highest BCUT2D eigenvalue weighted by Gasteiger charge is 2.47. The molecular formula is C20H14ClF9N2S. The van der Waals surface area contributed by atoms with Crippen LogP contribution in [0.1, 0.15) is 52.7 Å². The first-order chi connectivity index (χ1) is 15.2. The predicted octanol–water partition coefficient (Wildman–Crippen LogP) is 7.81. The van der Waals surface area contributed by atoms with Gasteiger partial charge in [0.25, 0.3) is 0 Å². The van der Waals surface area contributed by atoms with E-state index in [2.05, 4.69) is 4.72 Å². The van der Waals surface area contributed by atoms with Crippen LogP contribution in [0.4, 0.5) is 39.5 Å². The van der Waals surface area contributed by atoms with Crippen LogP contribution in [0.2, 0.25) is 5.02 Å². The minimum atomic E-state index is -4.98. The molecule has 2 saturated heterocycles. The van der Waals surface area contributed by atoms with E-state index < -0.39 is 53.3 Å². The van der Waals surface area contributed by atoms with Crippen molar-refractivity contribution in [1.29, 1.82) is 0 Å². The molecule has 2 fully saturated rings. The van der Waals surface area contributed by atoms with Gasteiger partial charge in [0.2, 0.25) is 0 Å². The van der Waals surface area contributed by atoms with Gasteiger partial charge in [0.1, 0.15) is 0 Å². The molecule has 13 heteroatoms. The number of hydrogen-bond donors (Lipinski definition) is 1. The minimum Gasteiger partial charge on any atom is -0.241 e. The Balaban J connectivity index is 1.67. The number of halogens is 10. The average molecular weight is 521 g/mol. The maximum absolute atomic E-state index is 13.2. The fourth-order valence-corrected chi connectivity index (χ4v) is 5.65. The SMILES string of the molecule is FC(F)(F)c1cc(C2NSN3C(c4cc(C(F)(F)F)ccc4Cl)CCC23)cc(C(F)(F)F)c1. The average Bonchev–Trinajstić information content (AvgIpc) is 3.28. The zero-order valence-electron chi connectivity index (χ0n) is 16.2. The Hall–Kier alpha value is -1.63. The van der Waals surface area contributed by atoms with E-state index in [-0.39, 0.29) is 22.2 Å². The van der Waals surface area contributed by atoms with E-state index in [9.17, 15) is 39.5 Å². The summed E-state index contributed by atoms with van der Waals surface area (Å²) < 4.78 is 123. The number of benzene rings is 2. The van der Waals surface area contributed by atoms with Crippen LogP contribution in [0.15, 0.2) is 36.4 Å². The number of alkyl halides is 9. The van der Waals surface area contributed by atoms with E-state index in [0.29, 0.717) is 25.0 Å². The maximum atomic E-state index is 13.2. The van der Waals surface area contributed by atoms with Gasteiger partial charge in [-0.2, -0.15) is 39.5 Å². The highest BCUT2D eigenvalue weighted by molar-refractivity contribution is 7.95. The third kappa shape index (κ3) is 4.80. The normalized spacial score (nSPS) is 24.4. The topological polar surface area (TPSA) is 15.3 Å². The minimum absolute atomic E-state index is 0.0588. The Bertz CT molecular complexity index is 1020. The Morgan fingerprint density at radius 3 is 1.91 bits per heavy atom. The summed E-state index contributed by atoms with van der Waals surface area (Å²) in [5.41, 5.74) is -3.75. The van der Waals surface area contributed by atoms with Crippen LogP contribution < -0.4 is 4.72 Å². The van der Waals surface area contributed by atoms with Crippen molar-refractivity contribution in [3.8, 4) is 0 Å². The molecule has 2 aromatic rings. The van der Waals surface area contributed by atoms with E-state index in [1.807, 2.05) is 0 Å². The molecule has 0 amide bonds. The Morgan fingerprint density at radius 1 is 0.788 bits per heavy atom. The van der Waals surface area contributed by atoms with Gasteiger partial charge >= 0.3 is 18.5 Å². The van der Waals surface area contributed by atoms with Crippen LogP contribution in [0.5, 0.6) is 0 Å². The summed E-state index contributed by atoms with van der Waals surface area (Å²) in [7, 11) is 0. The Kier molecular flexibility index (Phi) is 6.12. The van der Waals surface area contributed by atoms with Crippen molar-refractivity contribution in [3.63, 3.8) is 0 Å². The second-order valence-electron chi connectivity index (χ2n) is 7.78. The number of fused-ring (bicyclic) bond motifs is 1. The third-order valence-corrected chi connectivity index (χ3v) is 7.13. The molecule has 2 aliphatic rings. The first kappa shape index (κ1) is 24.5. The molecule has 2 nitrogen and oxygen atoms in total. The van der Waals surface area contributed by atoms with Gasteiger partial charge in [-0.15, -0.1) is 0 Å². The third-order valence-electron chi connectivity index (χ3n) is 5.69. The molecule has 0 spiro atoms. The fraction of sp³-hybridized carbons (Fsp3) is 0.400. The fourth-order valence-electron chi connectivity index (χ4n) is 4.17. The van der Waals surface area contributed by atoms with Gasteiger partial charge in [0.05, 0.1) is 22.7 Å². The Morgan fingerprint density at radius 2 is 1.36 bits per heavy atom. The summed E-state index contributed by atoms with van der Waals surface area (Å²) >= 11 is 7.09. The van der Waals surface area contributed by atoms with Crippen LogP contribution in [-0.2, 0) is 18.5 Å². The van der Waals surface area contributed by atoms with Crippen molar-refractivity contribution in [3.05, 3.63) is 69.2 Å². The maximum Gasteiger partial charge on any atom is 0.416 e. The summed E-state index contributed by atoms with van der Waals surface area (Å²) in [4.78, 5) is 0. The van der Waals surface area contributed by atoms with Crippen molar-refractivity contribution in [1.82, 2.24) is 9.03 Å². The number of nitrogens with one attached hydrogen (secondary N) is 1. The second kappa shape index (κ2) is 8.24. The van der Waals surface area contributed by atoms with Crippen LogP contribution in [0.25, 0.3) is 0 Å². The summed E-state index contributed by atoms with van der Waals surface area (Å²) in [5, 5.41) is 0.0936. The van der Waals surface area contributed by atoms with Crippen molar-refractivity contribution in [2.45, 2.75) is 49.5 Å². The first-order valence-electron chi connectivity index (χ1n) is 9.53. The molecule has 3 atom stereocenters. The number of rotatable bonds is 2. The van der Waals surface area contributed by atoms with Gasteiger partial charge in [-0.3, -0.25) is 0 Å². The van der Waals surface area contributed by atoms with Gasteiger partial charge in [-0.05, 0) is 60.4 Å². The zero-order chi connectivity index (χ0) is 24.3. The number of nitrogens with zero attached hydrogens (tertiary/aromatic N) is 1. The highest BCUT2D eigenvalue weighted by Crippen LogP contribution is 2.52. The molecule has 0 aromatic heterocycles. The van der Waals surface area contributed by atoms with Crippen LogP contribution in [0, 0.1) is 0 Å². The van der Waals surface area contributed by atoms with Crippen molar-refractivity contribution >= 4 is 23.7 Å². The lowest BCUT2D eigenvalue weighted by atomic mass is 9.94. The van der Waals surface area contributed by atoms with E-state index in [0.717, 1.165) is 30.3 Å². The molecule has 33 heavy (non-hydrogen) atoms. The molecule has 180 valence electrons. The van der Waals surface area contributed by atoms with Crippen molar-refractivity contribution in [2.75, 3.05) is 0 Å². The van der Waals surface area contributed by atoms with Crippen molar-refractivity contribution < 1.29 is 39.5 Å². The summed E-state index contributed by atoms with van der Waals surface area (Å²) in [5.74, 6) is 0. The molecule has 3 unspecified atom stereocenters. The molecule has 0 bridgehead atoms. The number of hydrogen-bond acceptors (Lipinski definition) is 3. The Labute approximate surface area is 191 Å². The lowest BCUT2D eigenvalue weighted by molar-refractivity contribution is -0.143. The predicted molar refractivity (Wildman–Crippen MR) is 104 cm³/mol. The lowest BCUT2D eigenvalue weighted by Crippen LogP contribution is -2.26. The molecule has 2 aromatic carbocycles. The quantitative estimate of drug-likeness (QED) is 0.321. The smallest absolute Gasteiger partial charge is 0.241 e. The molecule has 1 N–H and O–H groups in total. The van der Waals surface area contributed by atoms with Gasteiger partial charge in [0.15, 0.2) is 0 Å². The zero-order valence-corrected chi connectivity index (χ0v) is 17.8. The van der Waals surface area contributed by atoms with Crippen molar-refractivity contribution in [2.24, 2.45) is 0 Å². The summed E-state index contributed by atoms with van der Waals surface area (Å²) in [6.45, 7) is 0. The van der Waals surface area contributed by atoms with E-state index in [1.165, 1.54) is 0 Å². The van der Waals surface area contributed by atoms with E-state index in [4.69, 9.17) is 11.6 Å². The highest BCUT2D eigenvalue weighted by atomic mass is 35.5. The van der Waals surface area contributed by atoms with Gasteiger partial charge < -0.3 is 0 Å². The van der Waals surface area contributed by atoms with E-state index >= 15 is 0 Å². The lowest BCUT2D eigenvalue weighted by Gasteiger charge is -2.24. The van der Waals surface area contributed by atoms with Crippen LogP contribution in [0.3, 0.4) is 0 Å². The molecule has 4 rings (SSSR count). The largest absolute Gasteiger partial charge is 0.416 e. The molecule has 0 radical (unpaired) electrons. The molecule has 0 saturated carbocycles. The molecule has 0 aliphatic carbocycles. The summed E-state index contributed by atoms with van der Waals surface area (Å²) in [6, 6.07) is 2.25. The molecular weight excluding hydrogens is 507 g/mol. The van der Waals surface area contributed by atoms with Gasteiger partial charge in [-0.1, -0.05) is 11.6 Å². The van der Waals surface area contributed by atoms with Gasteiger partial charge in [-0.25, -0.2) is 9.03 Å². The van der Waals surface area contributed by atoms with Crippen LogP contribution >= 0.6 is 23.7 Å². The van der Waals surface area contributed by atoms with Crippen LogP contribution in [-0.4, -0.2) is 10.3 Å². The second-order valence-corrected chi connectivity index (χ2v) is 9.03. The standard InChI is InChI=1S/C20H14ClF9N2S/c21-14-2-1-10(18(22,23)24)8-13(14)15-3-4-16-17(31-33-32(15)16)9-5-11(19(25,26)27)7-12(6-9)20(28,29)30/h1-2,5-8,15-17,31H,3-4H2.